The summed E-state index contributed by atoms with van der Waals surface area (Å²) in [4.78, 5) is 18.0. The van der Waals surface area contributed by atoms with Gasteiger partial charge >= 0.3 is 0 Å². The molecule has 5 aromatic rings. The van der Waals surface area contributed by atoms with Crippen molar-refractivity contribution in [3.63, 3.8) is 0 Å². The summed E-state index contributed by atoms with van der Waals surface area (Å²) in [5.41, 5.74) is 4.11. The van der Waals surface area contributed by atoms with E-state index in [9.17, 15) is 4.79 Å². The van der Waals surface area contributed by atoms with Gasteiger partial charge in [0.05, 0.1) is 23.9 Å². The third kappa shape index (κ3) is 4.48. The minimum absolute atomic E-state index is 0.00497. The Hall–Kier alpha value is -3.71. The Morgan fingerprint density at radius 1 is 1.06 bits per heavy atom. The van der Waals surface area contributed by atoms with Gasteiger partial charge in [-0.05, 0) is 43.5 Å². The first-order valence-electron chi connectivity index (χ1n) is 10.4. The van der Waals surface area contributed by atoms with Gasteiger partial charge in [0.2, 0.25) is 5.89 Å². The van der Waals surface area contributed by atoms with E-state index in [1.165, 1.54) is 6.26 Å². The van der Waals surface area contributed by atoms with Crippen LogP contribution in [0, 0.1) is 6.92 Å². The molecule has 0 atom stereocenters. The number of ketones is 1. The number of carbonyl (C=O) groups is 1. The predicted octanol–water partition coefficient (Wildman–Crippen LogP) is 5.82. The molecule has 32 heavy (non-hydrogen) atoms. The number of Topliss-reactive ketones (excluding diaryl/α,β-unsaturated/α-hetero) is 1. The highest BCUT2D eigenvalue weighted by molar-refractivity contribution is 7.79. The van der Waals surface area contributed by atoms with Crippen molar-refractivity contribution in [3.8, 4) is 22.9 Å². The maximum atomic E-state index is 13.2. The molecule has 3 heterocycles. The minimum atomic E-state index is -0.111. The summed E-state index contributed by atoms with van der Waals surface area (Å²) in [6.45, 7) is 1.99. The average molecular weight is 446 g/mol. The van der Waals surface area contributed by atoms with Crippen LogP contribution in [0.2, 0.25) is 0 Å². The molecule has 0 fully saturated rings. The van der Waals surface area contributed by atoms with E-state index in [1.807, 2.05) is 61.5 Å². The first kappa shape index (κ1) is 20.2. The highest BCUT2D eigenvalue weighted by atomic mass is 32.1. The van der Waals surface area contributed by atoms with Gasteiger partial charge in [0.25, 0.3) is 5.89 Å². The fourth-order valence-corrected chi connectivity index (χ4v) is 3.38. The van der Waals surface area contributed by atoms with Crippen molar-refractivity contribution in [2.24, 2.45) is 0 Å². The number of rotatable bonds is 5. The van der Waals surface area contributed by atoms with Gasteiger partial charge in [0, 0.05) is 16.5 Å². The van der Waals surface area contributed by atoms with Crippen molar-refractivity contribution < 1.29 is 13.6 Å². The van der Waals surface area contributed by atoms with Gasteiger partial charge in [-0.1, -0.05) is 42.0 Å². The molecule has 0 saturated carbocycles. The zero-order valence-corrected chi connectivity index (χ0v) is 18.4. The number of hydrogen-bond donors (Lipinski definition) is 1. The van der Waals surface area contributed by atoms with E-state index in [4.69, 9.17) is 14.9 Å². The lowest BCUT2D eigenvalue weighted by molar-refractivity contribution is 0.0987. The smallest absolute Gasteiger partial charge is 0.283 e. The van der Waals surface area contributed by atoms with Crippen LogP contribution in [0.5, 0.6) is 0 Å². The van der Waals surface area contributed by atoms with Crippen LogP contribution in [-0.2, 0) is 6.42 Å². The lowest BCUT2D eigenvalue weighted by atomic mass is 9.98. The molecular weight excluding hydrogens is 422 g/mol. The van der Waals surface area contributed by atoms with Crippen molar-refractivity contribution in [2.45, 2.75) is 13.3 Å². The fourth-order valence-electron chi connectivity index (χ4n) is 3.38. The van der Waals surface area contributed by atoms with E-state index in [2.05, 4.69) is 10.2 Å². The molecule has 6 nitrogen and oxygen atoms in total. The van der Waals surface area contributed by atoms with Crippen LogP contribution in [0.1, 0.15) is 21.8 Å². The molecule has 3 aromatic heterocycles. The highest BCUT2D eigenvalue weighted by Crippen LogP contribution is 2.27. The van der Waals surface area contributed by atoms with E-state index < -0.39 is 0 Å². The molecule has 0 aliphatic heterocycles. The number of fused-ring (bicyclic) bond motifs is 1. The Morgan fingerprint density at radius 3 is 2.62 bits per heavy atom. The monoisotopic (exact) mass is 445 g/mol. The third-order valence-corrected chi connectivity index (χ3v) is 4.84. The standard InChI is InChI=1S/C24H17N3O3.CH4S/c1-15-9-10-19-17(12-15)18(13-20(25-19)16-6-3-2-4-7-16)21(28)14-23-26-27-24(30-23)22-8-5-11-29-22;1-2/h2-13H,14H2,1H3;2H,1H3/i/hT. The van der Waals surface area contributed by atoms with Gasteiger partial charge in [-0.3, -0.25) is 4.79 Å². The van der Waals surface area contributed by atoms with Crippen LogP contribution in [-0.4, -0.2) is 28.3 Å². The van der Waals surface area contributed by atoms with Crippen molar-refractivity contribution in [1.29, 1.82) is 1.12 Å². The number of nitrogens with zero attached hydrogens (tertiary/aromatic N) is 3. The van der Waals surface area contributed by atoms with Gasteiger partial charge in [-0.25, -0.2) is 4.98 Å². The molecule has 0 unspecified atom stereocenters. The predicted molar refractivity (Wildman–Crippen MR) is 127 cm³/mol. The Labute approximate surface area is 191 Å². The molecule has 5 rings (SSSR count). The van der Waals surface area contributed by atoms with E-state index in [-0.39, 0.29) is 24.0 Å². The Bertz CT molecular complexity index is 1370. The van der Waals surface area contributed by atoms with Crippen LogP contribution < -0.4 is 0 Å². The van der Waals surface area contributed by atoms with Crippen molar-refractivity contribution in [1.82, 2.24) is 15.2 Å². The number of hydrogen-bond acceptors (Lipinski definition) is 7. The van der Waals surface area contributed by atoms with E-state index in [1.54, 1.807) is 18.4 Å². The lowest BCUT2D eigenvalue weighted by Gasteiger charge is -2.09. The number of aryl methyl sites for hydroxylation is 1. The molecule has 0 aliphatic rings. The molecule has 0 radical (unpaired) electrons. The SMILES string of the molecule is Cc1ccc2nc(-c3ccccc3)cc(C(=O)Cc3nnc(-c4ccco4)o3)c2c1.[3H]SC. The van der Waals surface area contributed by atoms with Gasteiger partial charge < -0.3 is 8.83 Å². The van der Waals surface area contributed by atoms with Crippen LogP contribution in [0.15, 0.2) is 81.8 Å². The number of aromatic nitrogens is 3. The van der Waals surface area contributed by atoms with E-state index in [0.717, 1.165) is 40.3 Å². The van der Waals surface area contributed by atoms with E-state index in [0.29, 0.717) is 11.3 Å². The maximum Gasteiger partial charge on any atom is 0.283 e. The van der Waals surface area contributed by atoms with Crippen LogP contribution in [0.3, 0.4) is 0 Å². The summed E-state index contributed by atoms with van der Waals surface area (Å²) in [5.74, 6) is 0.853. The maximum absolute atomic E-state index is 13.2. The summed E-state index contributed by atoms with van der Waals surface area (Å²) < 4.78 is 17.0. The summed E-state index contributed by atoms with van der Waals surface area (Å²) >= 11 is 1.000. The second-order valence-corrected chi connectivity index (χ2v) is 7.02. The quantitative estimate of drug-likeness (QED) is 0.271. The molecule has 0 spiro atoms. The largest absolute Gasteiger partial charge is 0.459 e. The molecule has 2 aromatic carbocycles. The summed E-state index contributed by atoms with van der Waals surface area (Å²) in [5, 5.41) is 8.79. The third-order valence-electron chi connectivity index (χ3n) is 4.84. The summed E-state index contributed by atoms with van der Waals surface area (Å²) in [6.07, 6.45) is 3.23. The van der Waals surface area contributed by atoms with Gasteiger partial charge in [0.1, 0.15) is 1.12 Å². The molecule has 0 amide bonds. The molecule has 0 aliphatic carbocycles. The van der Waals surface area contributed by atoms with Crippen LogP contribution in [0.25, 0.3) is 33.8 Å². The molecule has 0 N–H and O–H groups in total. The molecule has 7 heteroatoms. The second-order valence-electron chi connectivity index (χ2n) is 7.02. The fraction of sp³-hybridized carbons (Fsp3) is 0.120. The normalized spacial score (nSPS) is 11.0. The average Bonchev–Trinajstić information content (AvgIpc) is 3.52. The van der Waals surface area contributed by atoms with Gasteiger partial charge in [0.15, 0.2) is 11.5 Å². The van der Waals surface area contributed by atoms with Gasteiger partial charge in [-0.15, -0.1) is 10.2 Å². The Morgan fingerprint density at radius 2 is 1.88 bits per heavy atom. The topological polar surface area (TPSA) is 82.0 Å². The van der Waals surface area contributed by atoms with E-state index >= 15 is 0 Å². The van der Waals surface area contributed by atoms with Crippen molar-refractivity contribution in [2.75, 3.05) is 6.26 Å². The number of benzene rings is 2. The first-order valence-corrected chi connectivity index (χ1v) is 10.8. The molecule has 160 valence electrons. The molecule has 0 saturated heterocycles. The van der Waals surface area contributed by atoms with Crippen LogP contribution >= 0.6 is 12.5 Å². The highest BCUT2D eigenvalue weighted by Gasteiger charge is 2.19. The number of carbonyl (C=O) groups excluding carboxylic acids is 1. The minimum Gasteiger partial charge on any atom is -0.459 e. The number of furan rings is 1. The number of pyridine rings is 1. The van der Waals surface area contributed by atoms with Crippen molar-refractivity contribution >= 4 is 29.2 Å². The Balaban J connectivity index is 0.000000821. The zero-order valence-electron chi connectivity index (χ0n) is 18.6. The van der Waals surface area contributed by atoms with Crippen molar-refractivity contribution in [3.05, 3.63) is 90.0 Å². The molecule has 0 bridgehead atoms. The summed E-state index contributed by atoms with van der Waals surface area (Å²) in [6, 6.07) is 21.0. The second kappa shape index (κ2) is 9.62. The summed E-state index contributed by atoms with van der Waals surface area (Å²) in [7, 11) is 0. The van der Waals surface area contributed by atoms with Gasteiger partial charge in [-0.2, -0.15) is 12.5 Å². The Kier molecular flexibility index (Phi) is 6.07. The number of thiol groups is 1. The van der Waals surface area contributed by atoms with Crippen LogP contribution in [0.4, 0.5) is 0 Å². The lowest BCUT2D eigenvalue weighted by Crippen LogP contribution is -2.06. The zero-order chi connectivity index (χ0) is 23.2. The molecular formula is C25H21N3O3S. The first-order chi connectivity index (χ1) is 16.1.